The topological polar surface area (TPSA) is 105 Å². The van der Waals surface area contributed by atoms with Crippen molar-refractivity contribution in [2.45, 2.75) is 64.3 Å². The second-order valence-electron chi connectivity index (χ2n) is 9.04. The molecule has 2 aliphatic carbocycles. The Morgan fingerprint density at radius 2 is 2.03 bits per heavy atom. The van der Waals surface area contributed by atoms with Crippen LogP contribution in [0, 0.1) is 11.8 Å². The number of imide groups is 1. The highest BCUT2D eigenvalue weighted by molar-refractivity contribution is 7.17. The van der Waals surface area contributed by atoms with Crippen LogP contribution in [0.4, 0.5) is 9.80 Å². The van der Waals surface area contributed by atoms with Crippen LogP contribution >= 0.6 is 11.3 Å². The molecule has 0 unspecified atom stereocenters. The zero-order valence-corrected chi connectivity index (χ0v) is 19.0. The fraction of sp³-hybridized carbons (Fsp3) is 0.636. The number of nitrogens with one attached hydrogen (secondary N) is 2. The number of urea groups is 1. The summed E-state index contributed by atoms with van der Waals surface area (Å²) in [6, 6.07) is -0.526. The van der Waals surface area contributed by atoms with Gasteiger partial charge in [-0.25, -0.2) is 9.59 Å². The van der Waals surface area contributed by atoms with E-state index in [2.05, 4.69) is 17.6 Å². The molecule has 1 aromatic rings. The molecule has 2 fully saturated rings. The summed E-state index contributed by atoms with van der Waals surface area (Å²) in [6.45, 7) is 3.76. The Morgan fingerprint density at radius 3 is 2.74 bits per heavy atom. The Balaban J connectivity index is 1.52. The van der Waals surface area contributed by atoms with Gasteiger partial charge in [-0.1, -0.05) is 26.7 Å². The van der Waals surface area contributed by atoms with Crippen molar-refractivity contribution in [2.75, 3.05) is 19.0 Å². The number of amides is 4. The molecule has 2 heterocycles. The number of nitrogens with zero attached hydrogens (tertiary/aromatic N) is 1. The molecule has 0 radical (unpaired) electrons. The lowest BCUT2D eigenvalue weighted by Crippen LogP contribution is -2.54. The summed E-state index contributed by atoms with van der Waals surface area (Å²) in [5.41, 5.74) is 0.442. The fourth-order valence-corrected chi connectivity index (χ4v) is 6.52. The third-order valence-corrected chi connectivity index (χ3v) is 8.13. The number of rotatable bonds is 4. The van der Waals surface area contributed by atoms with E-state index in [1.165, 1.54) is 18.4 Å². The number of hydrogen-bond donors (Lipinski definition) is 2. The Morgan fingerprint density at radius 1 is 1.26 bits per heavy atom. The van der Waals surface area contributed by atoms with Gasteiger partial charge in [0.1, 0.15) is 17.1 Å². The highest BCUT2D eigenvalue weighted by Crippen LogP contribution is 2.41. The smallest absolute Gasteiger partial charge is 0.341 e. The maximum atomic E-state index is 13.1. The summed E-state index contributed by atoms with van der Waals surface area (Å²) in [7, 11) is 1.32. The molecule has 1 saturated carbocycles. The number of carbonyl (C=O) groups is 4. The number of carbonyl (C=O) groups excluding carboxylic acids is 4. The molecular weight excluding hydrogens is 418 g/mol. The van der Waals surface area contributed by atoms with Gasteiger partial charge < -0.3 is 15.4 Å². The van der Waals surface area contributed by atoms with Crippen molar-refractivity contribution in [2.24, 2.45) is 11.8 Å². The van der Waals surface area contributed by atoms with Crippen LogP contribution in [0.15, 0.2) is 0 Å². The number of ether oxygens (including phenoxy) is 1. The second kappa shape index (κ2) is 8.26. The average molecular weight is 448 g/mol. The Kier molecular flexibility index (Phi) is 5.81. The van der Waals surface area contributed by atoms with Crippen LogP contribution in [0.1, 0.15) is 66.8 Å². The first-order chi connectivity index (χ1) is 14.8. The molecule has 3 atom stereocenters. The predicted octanol–water partition coefficient (Wildman–Crippen LogP) is 3.10. The minimum atomic E-state index is -0.898. The van der Waals surface area contributed by atoms with E-state index in [9.17, 15) is 19.2 Å². The maximum absolute atomic E-state index is 13.1. The van der Waals surface area contributed by atoms with Crippen LogP contribution in [-0.2, 0) is 27.2 Å². The van der Waals surface area contributed by atoms with Crippen molar-refractivity contribution in [3.63, 3.8) is 0 Å². The molecule has 0 aromatic carbocycles. The number of esters is 1. The SMILES string of the molecule is COC(=O)c1c(NC(=O)CN2C(=O)N[C@]3(CCCC[C@@H]3C)C2=O)sc2c1CC[C@H](C)C2. The Labute approximate surface area is 185 Å². The summed E-state index contributed by atoms with van der Waals surface area (Å²) in [5, 5.41) is 6.06. The lowest BCUT2D eigenvalue weighted by atomic mass is 9.73. The molecule has 2 N–H and O–H groups in total. The first kappa shape index (κ1) is 21.8. The molecular formula is C22H29N3O5S. The lowest BCUT2D eigenvalue weighted by Gasteiger charge is -2.36. The first-order valence-electron chi connectivity index (χ1n) is 10.9. The predicted molar refractivity (Wildman–Crippen MR) is 116 cm³/mol. The minimum Gasteiger partial charge on any atom is -0.465 e. The van der Waals surface area contributed by atoms with Gasteiger partial charge >= 0.3 is 12.0 Å². The van der Waals surface area contributed by atoms with E-state index in [1.807, 2.05) is 6.92 Å². The van der Waals surface area contributed by atoms with Crippen LogP contribution in [0.25, 0.3) is 0 Å². The van der Waals surface area contributed by atoms with Crippen LogP contribution in [0.2, 0.25) is 0 Å². The summed E-state index contributed by atoms with van der Waals surface area (Å²) < 4.78 is 4.95. The fourth-order valence-electron chi connectivity index (χ4n) is 5.11. The molecule has 1 spiro atoms. The number of methoxy groups -OCH3 is 1. The van der Waals surface area contributed by atoms with Gasteiger partial charge in [-0.3, -0.25) is 14.5 Å². The maximum Gasteiger partial charge on any atom is 0.341 e. The largest absolute Gasteiger partial charge is 0.465 e. The molecule has 1 aromatic heterocycles. The normalized spacial score (nSPS) is 27.8. The van der Waals surface area contributed by atoms with Crippen LogP contribution in [0.5, 0.6) is 0 Å². The molecule has 1 saturated heterocycles. The van der Waals surface area contributed by atoms with E-state index < -0.39 is 23.4 Å². The minimum absolute atomic E-state index is 0.0303. The quantitative estimate of drug-likeness (QED) is 0.545. The molecule has 1 aliphatic heterocycles. The summed E-state index contributed by atoms with van der Waals surface area (Å²) in [4.78, 5) is 53.0. The monoisotopic (exact) mass is 447 g/mol. The lowest BCUT2D eigenvalue weighted by molar-refractivity contribution is -0.136. The molecule has 31 heavy (non-hydrogen) atoms. The van der Waals surface area contributed by atoms with Crippen LogP contribution in [-0.4, -0.2) is 47.9 Å². The molecule has 4 amide bonds. The molecule has 8 nitrogen and oxygen atoms in total. The van der Waals surface area contributed by atoms with E-state index in [1.54, 1.807) is 0 Å². The Hall–Kier alpha value is -2.42. The van der Waals surface area contributed by atoms with Crippen molar-refractivity contribution in [1.82, 2.24) is 10.2 Å². The number of thiophene rings is 1. The van der Waals surface area contributed by atoms with E-state index >= 15 is 0 Å². The zero-order chi connectivity index (χ0) is 22.3. The van der Waals surface area contributed by atoms with Crippen molar-refractivity contribution in [1.29, 1.82) is 0 Å². The highest BCUT2D eigenvalue weighted by Gasteiger charge is 2.55. The third-order valence-electron chi connectivity index (χ3n) is 6.96. The van der Waals surface area contributed by atoms with Crippen molar-refractivity contribution in [3.05, 3.63) is 16.0 Å². The molecule has 0 bridgehead atoms. The van der Waals surface area contributed by atoms with E-state index in [0.29, 0.717) is 22.9 Å². The van der Waals surface area contributed by atoms with Gasteiger partial charge in [-0.05, 0) is 49.5 Å². The molecule has 9 heteroatoms. The third kappa shape index (κ3) is 3.73. The van der Waals surface area contributed by atoms with Crippen molar-refractivity contribution >= 4 is 40.2 Å². The molecule has 168 valence electrons. The summed E-state index contributed by atoms with van der Waals surface area (Å²) >= 11 is 1.38. The van der Waals surface area contributed by atoms with Gasteiger partial charge in [0.05, 0.1) is 12.7 Å². The van der Waals surface area contributed by atoms with E-state index in [-0.39, 0.29) is 18.4 Å². The van der Waals surface area contributed by atoms with E-state index in [0.717, 1.165) is 53.9 Å². The standard InChI is InChI=1S/C22H29N3O5S/c1-12-7-8-14-15(10-12)31-18(17(14)19(27)30-3)23-16(26)11-25-20(28)22(24-21(25)29)9-5-4-6-13(22)2/h12-13H,4-11H2,1-3H3,(H,23,26)(H,24,29)/t12-,13-,22-/m0/s1. The van der Waals surface area contributed by atoms with Crippen molar-refractivity contribution in [3.8, 4) is 0 Å². The highest BCUT2D eigenvalue weighted by atomic mass is 32.1. The number of anilines is 1. The van der Waals surface area contributed by atoms with Gasteiger partial charge in [0.2, 0.25) is 5.91 Å². The Bertz CT molecular complexity index is 942. The first-order valence-corrected chi connectivity index (χ1v) is 11.7. The second-order valence-corrected chi connectivity index (χ2v) is 10.1. The van der Waals surface area contributed by atoms with Gasteiger partial charge in [-0.2, -0.15) is 0 Å². The average Bonchev–Trinajstić information content (AvgIpc) is 3.19. The number of fused-ring (bicyclic) bond motifs is 1. The van der Waals surface area contributed by atoms with Crippen LogP contribution in [0.3, 0.4) is 0 Å². The van der Waals surface area contributed by atoms with Crippen LogP contribution < -0.4 is 10.6 Å². The van der Waals surface area contributed by atoms with E-state index in [4.69, 9.17) is 4.74 Å². The summed E-state index contributed by atoms with van der Waals surface area (Å²) in [6.07, 6.45) is 5.97. The van der Waals surface area contributed by atoms with Gasteiger partial charge in [0.25, 0.3) is 5.91 Å². The zero-order valence-electron chi connectivity index (χ0n) is 18.2. The summed E-state index contributed by atoms with van der Waals surface area (Å²) in [5.74, 6) is -0.761. The molecule has 3 aliphatic rings. The van der Waals surface area contributed by atoms with Gasteiger partial charge in [0.15, 0.2) is 0 Å². The molecule has 4 rings (SSSR count). The van der Waals surface area contributed by atoms with Crippen molar-refractivity contribution < 1.29 is 23.9 Å². The van der Waals surface area contributed by atoms with Gasteiger partial charge in [-0.15, -0.1) is 11.3 Å². The van der Waals surface area contributed by atoms with Gasteiger partial charge in [0, 0.05) is 4.88 Å². The number of hydrogen-bond acceptors (Lipinski definition) is 6.